The Hall–Kier alpha value is -2.93. The van der Waals surface area contributed by atoms with Crippen molar-refractivity contribution in [2.75, 3.05) is 10.6 Å². The van der Waals surface area contributed by atoms with Crippen LogP contribution in [0.5, 0.6) is 0 Å². The number of hydrogen-bond donors (Lipinski definition) is 3. The van der Waals surface area contributed by atoms with Gasteiger partial charge in [-0.2, -0.15) is 0 Å². The normalized spacial score (nSPS) is 15.7. The summed E-state index contributed by atoms with van der Waals surface area (Å²) in [5, 5.41) is 8.25. The van der Waals surface area contributed by atoms with E-state index < -0.39 is 6.04 Å². The van der Waals surface area contributed by atoms with Gasteiger partial charge in [0.15, 0.2) is 0 Å². The first-order valence-corrected chi connectivity index (χ1v) is 9.19. The minimum absolute atomic E-state index is 0.237. The molecule has 1 atom stereocenters. The van der Waals surface area contributed by atoms with E-state index in [2.05, 4.69) is 38.5 Å². The molecule has 3 amide bonds. The number of halogens is 1. The maximum atomic E-state index is 12.5. The fraction of sp³-hybridized carbons (Fsp3) is 0.150. The molecule has 0 bridgehead atoms. The highest BCUT2D eigenvalue weighted by atomic mass is 79.9. The Labute approximate surface area is 165 Å². The topological polar surface area (TPSA) is 87.3 Å². The Morgan fingerprint density at radius 2 is 1.93 bits per heavy atom. The Morgan fingerprint density at radius 1 is 1.19 bits per heavy atom. The van der Waals surface area contributed by atoms with Gasteiger partial charge in [0.25, 0.3) is 5.91 Å². The molecule has 7 heteroatoms. The second kappa shape index (κ2) is 8.18. The van der Waals surface area contributed by atoms with E-state index in [1.54, 1.807) is 24.3 Å². The van der Waals surface area contributed by atoms with Crippen molar-refractivity contribution in [1.29, 1.82) is 0 Å². The molecule has 6 nitrogen and oxygen atoms in total. The molecule has 0 aromatic heterocycles. The molecule has 2 aromatic carbocycles. The van der Waals surface area contributed by atoms with Crippen molar-refractivity contribution < 1.29 is 14.4 Å². The van der Waals surface area contributed by atoms with Crippen molar-refractivity contribution in [1.82, 2.24) is 5.32 Å². The van der Waals surface area contributed by atoms with Gasteiger partial charge >= 0.3 is 0 Å². The Balaban J connectivity index is 1.66. The summed E-state index contributed by atoms with van der Waals surface area (Å²) in [5.74, 6) is -0.906. The Kier molecular flexibility index (Phi) is 5.71. The van der Waals surface area contributed by atoms with Gasteiger partial charge in [0.1, 0.15) is 6.04 Å². The maximum absolute atomic E-state index is 12.5. The van der Waals surface area contributed by atoms with Crippen LogP contribution in [0.25, 0.3) is 0 Å². The van der Waals surface area contributed by atoms with E-state index in [1.165, 1.54) is 6.08 Å². The number of anilines is 2. The summed E-state index contributed by atoms with van der Waals surface area (Å²) < 4.78 is 0.946. The predicted molar refractivity (Wildman–Crippen MR) is 108 cm³/mol. The van der Waals surface area contributed by atoms with Crippen molar-refractivity contribution in [3.05, 3.63) is 70.7 Å². The third-order valence-electron chi connectivity index (χ3n) is 4.25. The van der Waals surface area contributed by atoms with E-state index in [9.17, 15) is 14.4 Å². The first-order valence-electron chi connectivity index (χ1n) is 8.40. The number of fused-ring (bicyclic) bond motifs is 1. The molecule has 2 aromatic rings. The van der Waals surface area contributed by atoms with Gasteiger partial charge in [-0.25, -0.2) is 0 Å². The molecule has 0 fully saturated rings. The minimum atomic E-state index is -0.621. The van der Waals surface area contributed by atoms with E-state index in [4.69, 9.17) is 0 Å². The van der Waals surface area contributed by atoms with Crippen molar-refractivity contribution >= 4 is 45.0 Å². The van der Waals surface area contributed by atoms with Crippen LogP contribution < -0.4 is 16.0 Å². The maximum Gasteiger partial charge on any atom is 0.251 e. The van der Waals surface area contributed by atoms with Crippen molar-refractivity contribution in [3.8, 4) is 0 Å². The van der Waals surface area contributed by atoms with Crippen LogP contribution in [0.3, 0.4) is 0 Å². The van der Waals surface area contributed by atoms with Gasteiger partial charge in [0.2, 0.25) is 11.8 Å². The molecule has 138 valence electrons. The summed E-state index contributed by atoms with van der Waals surface area (Å²) >= 11 is 3.43. The molecule has 0 saturated heterocycles. The number of carbonyl (C=O) groups is 3. The Morgan fingerprint density at radius 3 is 2.63 bits per heavy atom. The van der Waals surface area contributed by atoms with Crippen LogP contribution in [0, 0.1) is 0 Å². The van der Waals surface area contributed by atoms with Crippen LogP contribution in [0.4, 0.5) is 11.4 Å². The lowest BCUT2D eigenvalue weighted by Crippen LogP contribution is -2.43. The first kappa shape index (κ1) is 18.8. The van der Waals surface area contributed by atoms with Gasteiger partial charge in [-0.15, -0.1) is 0 Å². The summed E-state index contributed by atoms with van der Waals surface area (Å²) in [5.41, 5.74) is 2.76. The van der Waals surface area contributed by atoms with Gasteiger partial charge in [0, 0.05) is 21.4 Å². The van der Waals surface area contributed by atoms with Crippen LogP contribution in [0.15, 0.2) is 59.6 Å². The third-order valence-corrected chi connectivity index (χ3v) is 4.74. The van der Waals surface area contributed by atoms with Crippen molar-refractivity contribution in [3.63, 3.8) is 0 Å². The summed E-state index contributed by atoms with van der Waals surface area (Å²) in [6.45, 7) is 3.39. The third kappa shape index (κ3) is 4.62. The van der Waals surface area contributed by atoms with Crippen LogP contribution in [0.2, 0.25) is 0 Å². The van der Waals surface area contributed by atoms with Crippen LogP contribution in [-0.4, -0.2) is 23.8 Å². The predicted octanol–water partition coefficient (Wildman–Crippen LogP) is 3.26. The molecule has 1 aliphatic rings. The van der Waals surface area contributed by atoms with Gasteiger partial charge in [-0.05, 0) is 66.9 Å². The molecular weight excluding hydrogens is 410 g/mol. The SMILES string of the molecule is C=CC(=O)Nc1ccc(C(=O)NC2CCc3cc(Br)ccc3NC2=O)cc1. The van der Waals surface area contributed by atoms with Crippen molar-refractivity contribution in [2.24, 2.45) is 0 Å². The van der Waals surface area contributed by atoms with Gasteiger partial charge in [-0.1, -0.05) is 22.5 Å². The number of amides is 3. The van der Waals surface area contributed by atoms with E-state index in [0.717, 1.165) is 15.7 Å². The summed E-state index contributed by atoms with van der Waals surface area (Å²) in [6.07, 6.45) is 2.35. The zero-order chi connectivity index (χ0) is 19.4. The molecule has 3 rings (SSSR count). The monoisotopic (exact) mass is 427 g/mol. The van der Waals surface area contributed by atoms with E-state index in [-0.39, 0.29) is 17.7 Å². The number of aryl methyl sites for hydroxylation is 1. The Bertz CT molecular complexity index is 909. The van der Waals surface area contributed by atoms with E-state index >= 15 is 0 Å². The van der Waals surface area contributed by atoms with E-state index in [1.807, 2.05) is 18.2 Å². The van der Waals surface area contributed by atoms with Crippen LogP contribution in [-0.2, 0) is 16.0 Å². The van der Waals surface area contributed by atoms with E-state index in [0.29, 0.717) is 24.1 Å². The van der Waals surface area contributed by atoms with Crippen LogP contribution >= 0.6 is 15.9 Å². The highest BCUT2D eigenvalue weighted by Gasteiger charge is 2.25. The summed E-state index contributed by atoms with van der Waals surface area (Å²) in [6, 6.07) is 11.5. The zero-order valence-electron chi connectivity index (χ0n) is 14.4. The highest BCUT2D eigenvalue weighted by Crippen LogP contribution is 2.25. The number of benzene rings is 2. The smallest absolute Gasteiger partial charge is 0.251 e. The van der Waals surface area contributed by atoms with Gasteiger partial charge in [-0.3, -0.25) is 14.4 Å². The molecular formula is C20H18BrN3O3. The summed E-state index contributed by atoms with van der Waals surface area (Å²) in [7, 11) is 0. The molecule has 27 heavy (non-hydrogen) atoms. The number of nitrogens with one attached hydrogen (secondary N) is 3. The van der Waals surface area contributed by atoms with Gasteiger partial charge < -0.3 is 16.0 Å². The number of carbonyl (C=O) groups excluding carboxylic acids is 3. The molecule has 1 unspecified atom stereocenters. The molecule has 0 saturated carbocycles. The summed E-state index contributed by atoms with van der Waals surface area (Å²) in [4.78, 5) is 36.2. The molecule has 0 radical (unpaired) electrons. The molecule has 0 spiro atoms. The lowest BCUT2D eigenvalue weighted by molar-refractivity contribution is -0.118. The number of hydrogen-bond acceptors (Lipinski definition) is 3. The fourth-order valence-electron chi connectivity index (χ4n) is 2.82. The standard InChI is InChI=1S/C20H18BrN3O3/c1-2-18(25)22-15-7-3-12(4-8-15)19(26)24-17-9-5-13-11-14(21)6-10-16(13)23-20(17)27/h2-4,6-8,10-11,17H,1,5,9H2,(H,22,25)(H,23,27)(H,24,26). The largest absolute Gasteiger partial charge is 0.340 e. The molecule has 0 aliphatic carbocycles. The lowest BCUT2D eigenvalue weighted by atomic mass is 10.1. The molecule has 3 N–H and O–H groups in total. The minimum Gasteiger partial charge on any atom is -0.340 e. The fourth-order valence-corrected chi connectivity index (χ4v) is 3.23. The van der Waals surface area contributed by atoms with Gasteiger partial charge in [0.05, 0.1) is 0 Å². The molecule has 1 aliphatic heterocycles. The quantitative estimate of drug-likeness (QED) is 0.654. The molecule has 1 heterocycles. The first-order chi connectivity index (χ1) is 13.0. The van der Waals surface area contributed by atoms with Crippen LogP contribution in [0.1, 0.15) is 22.3 Å². The number of rotatable bonds is 4. The van der Waals surface area contributed by atoms with Crippen molar-refractivity contribution in [2.45, 2.75) is 18.9 Å². The second-order valence-electron chi connectivity index (χ2n) is 6.13. The average molecular weight is 428 g/mol. The lowest BCUT2D eigenvalue weighted by Gasteiger charge is -2.15. The average Bonchev–Trinajstić information content (AvgIpc) is 2.81. The highest BCUT2D eigenvalue weighted by molar-refractivity contribution is 9.10. The zero-order valence-corrected chi connectivity index (χ0v) is 16.0. The second-order valence-corrected chi connectivity index (χ2v) is 7.04.